The quantitative estimate of drug-likeness (QED) is 0.374. The molecule has 0 aromatic heterocycles. The first-order chi connectivity index (χ1) is 12.1. The average Bonchev–Trinajstić information content (AvgIpc) is 2.59. The van der Waals surface area contributed by atoms with Crippen LogP contribution >= 0.6 is 0 Å². The van der Waals surface area contributed by atoms with E-state index < -0.39 is 0 Å². The van der Waals surface area contributed by atoms with Gasteiger partial charge in [0.25, 0.3) is 0 Å². The highest BCUT2D eigenvalue weighted by molar-refractivity contribution is 5.44. The Morgan fingerprint density at radius 1 is 0.720 bits per heavy atom. The normalized spacial score (nSPS) is 11.5. The lowest BCUT2D eigenvalue weighted by Gasteiger charge is -2.19. The lowest BCUT2D eigenvalue weighted by molar-refractivity contribution is -0.0299. The van der Waals surface area contributed by atoms with Gasteiger partial charge in [-0.05, 0) is 23.0 Å². The van der Waals surface area contributed by atoms with E-state index >= 15 is 0 Å². The molecule has 0 saturated heterocycles. The van der Waals surface area contributed by atoms with E-state index in [9.17, 15) is 0 Å². The zero-order valence-electron chi connectivity index (χ0n) is 16.4. The van der Waals surface area contributed by atoms with Gasteiger partial charge in [-0.1, -0.05) is 45.9 Å². The summed E-state index contributed by atoms with van der Waals surface area (Å²) in [5, 5.41) is 0. The van der Waals surface area contributed by atoms with Crippen LogP contribution in [0.15, 0.2) is 18.2 Å². The molecule has 0 saturated carbocycles. The van der Waals surface area contributed by atoms with Gasteiger partial charge in [-0.3, -0.25) is 0 Å². The molecular formula is C20H34O5. The zero-order valence-corrected chi connectivity index (χ0v) is 16.4. The van der Waals surface area contributed by atoms with Gasteiger partial charge in [-0.25, -0.2) is 0 Å². The van der Waals surface area contributed by atoms with E-state index in [0.29, 0.717) is 51.5 Å². The molecule has 0 spiro atoms. The minimum absolute atomic E-state index is 0.233. The highest BCUT2D eigenvalue weighted by Crippen LogP contribution is 2.34. The van der Waals surface area contributed by atoms with Crippen molar-refractivity contribution >= 4 is 0 Å². The topological polar surface area (TPSA) is 46.2 Å². The van der Waals surface area contributed by atoms with Crippen LogP contribution in [0.5, 0.6) is 5.75 Å². The first kappa shape index (κ1) is 21.9. The van der Waals surface area contributed by atoms with E-state index in [1.165, 1.54) is 11.1 Å². The SMILES string of the molecule is COCCOCCOCCOCOc1c(C(C)C)cccc1C(C)C. The molecular weight excluding hydrogens is 320 g/mol. The second kappa shape index (κ2) is 13.1. The number of rotatable bonds is 14. The Labute approximate surface area is 152 Å². The maximum atomic E-state index is 5.95. The molecule has 0 N–H and O–H groups in total. The van der Waals surface area contributed by atoms with Crippen LogP contribution in [-0.2, 0) is 18.9 Å². The Hall–Kier alpha value is -1.14. The lowest BCUT2D eigenvalue weighted by Crippen LogP contribution is -2.13. The zero-order chi connectivity index (χ0) is 18.5. The van der Waals surface area contributed by atoms with E-state index in [1.807, 2.05) is 0 Å². The smallest absolute Gasteiger partial charge is 0.189 e. The van der Waals surface area contributed by atoms with Crippen molar-refractivity contribution in [3.05, 3.63) is 29.3 Å². The minimum Gasteiger partial charge on any atom is -0.467 e. The Kier molecular flexibility index (Phi) is 11.5. The molecule has 25 heavy (non-hydrogen) atoms. The van der Waals surface area contributed by atoms with Crippen molar-refractivity contribution in [2.45, 2.75) is 39.5 Å². The second-order valence-electron chi connectivity index (χ2n) is 6.46. The molecule has 0 aliphatic rings. The third-order valence-electron chi connectivity index (χ3n) is 3.78. The Morgan fingerprint density at radius 3 is 1.68 bits per heavy atom. The van der Waals surface area contributed by atoms with Crippen molar-refractivity contribution < 1.29 is 23.7 Å². The van der Waals surface area contributed by atoms with E-state index in [0.717, 1.165) is 5.75 Å². The largest absolute Gasteiger partial charge is 0.467 e. The third kappa shape index (κ3) is 8.68. The molecule has 1 rings (SSSR count). The summed E-state index contributed by atoms with van der Waals surface area (Å²) in [7, 11) is 1.66. The van der Waals surface area contributed by atoms with Crippen LogP contribution in [-0.4, -0.2) is 53.5 Å². The highest BCUT2D eigenvalue weighted by Gasteiger charge is 2.14. The van der Waals surface area contributed by atoms with Crippen LogP contribution in [0.1, 0.15) is 50.7 Å². The second-order valence-corrected chi connectivity index (χ2v) is 6.46. The number of hydrogen-bond donors (Lipinski definition) is 0. The van der Waals surface area contributed by atoms with Crippen molar-refractivity contribution in [3.8, 4) is 5.75 Å². The predicted octanol–water partition coefficient (Wildman–Crippen LogP) is 3.97. The summed E-state index contributed by atoms with van der Waals surface area (Å²) in [5.41, 5.74) is 2.44. The summed E-state index contributed by atoms with van der Waals surface area (Å²) in [6.45, 7) is 12.3. The van der Waals surface area contributed by atoms with Gasteiger partial charge in [0.2, 0.25) is 0 Å². The maximum Gasteiger partial charge on any atom is 0.189 e. The van der Waals surface area contributed by atoms with Gasteiger partial charge in [0, 0.05) is 7.11 Å². The summed E-state index contributed by atoms with van der Waals surface area (Å²) < 4.78 is 27.1. The molecule has 5 heteroatoms. The van der Waals surface area contributed by atoms with Crippen molar-refractivity contribution in [2.24, 2.45) is 0 Å². The van der Waals surface area contributed by atoms with E-state index in [1.54, 1.807) is 7.11 Å². The first-order valence-corrected chi connectivity index (χ1v) is 9.05. The molecule has 1 aromatic carbocycles. The maximum absolute atomic E-state index is 5.95. The van der Waals surface area contributed by atoms with Crippen molar-refractivity contribution in [1.82, 2.24) is 0 Å². The van der Waals surface area contributed by atoms with Crippen LogP contribution in [0.25, 0.3) is 0 Å². The van der Waals surface area contributed by atoms with Gasteiger partial charge < -0.3 is 23.7 Å². The Bertz CT molecular complexity index is 433. The summed E-state index contributed by atoms with van der Waals surface area (Å²) in [4.78, 5) is 0. The van der Waals surface area contributed by atoms with Gasteiger partial charge >= 0.3 is 0 Å². The molecule has 0 radical (unpaired) electrons. The molecule has 0 heterocycles. The lowest BCUT2D eigenvalue weighted by atomic mass is 9.94. The molecule has 5 nitrogen and oxygen atoms in total. The van der Waals surface area contributed by atoms with E-state index in [2.05, 4.69) is 45.9 Å². The molecule has 144 valence electrons. The first-order valence-electron chi connectivity index (χ1n) is 9.05. The van der Waals surface area contributed by atoms with Crippen molar-refractivity contribution in [3.63, 3.8) is 0 Å². The monoisotopic (exact) mass is 354 g/mol. The Balaban J connectivity index is 2.25. The summed E-state index contributed by atoms with van der Waals surface area (Å²) >= 11 is 0. The molecule has 0 bridgehead atoms. The molecule has 0 unspecified atom stereocenters. The average molecular weight is 354 g/mol. The van der Waals surface area contributed by atoms with Gasteiger partial charge in [-0.15, -0.1) is 0 Å². The molecule has 0 aliphatic carbocycles. The van der Waals surface area contributed by atoms with Crippen LogP contribution in [0, 0.1) is 0 Å². The fraction of sp³-hybridized carbons (Fsp3) is 0.700. The third-order valence-corrected chi connectivity index (χ3v) is 3.78. The number of benzene rings is 1. The van der Waals surface area contributed by atoms with Gasteiger partial charge in [0.1, 0.15) is 5.75 Å². The van der Waals surface area contributed by atoms with Gasteiger partial charge in [0.05, 0.1) is 39.6 Å². The number of hydrogen-bond acceptors (Lipinski definition) is 5. The highest BCUT2D eigenvalue weighted by atomic mass is 16.7. The van der Waals surface area contributed by atoms with Gasteiger partial charge in [0.15, 0.2) is 6.79 Å². The standard InChI is InChI=1S/C20H34O5/c1-16(2)18-7-6-8-19(17(3)4)20(18)25-15-24-14-13-23-12-11-22-10-9-21-5/h6-8,16-17H,9-15H2,1-5H3. The predicted molar refractivity (Wildman–Crippen MR) is 99.6 cm³/mol. The van der Waals surface area contributed by atoms with Crippen molar-refractivity contribution in [1.29, 1.82) is 0 Å². The van der Waals surface area contributed by atoms with Crippen LogP contribution < -0.4 is 4.74 Å². The fourth-order valence-electron chi connectivity index (χ4n) is 2.39. The molecule has 1 aromatic rings. The van der Waals surface area contributed by atoms with E-state index in [-0.39, 0.29) is 6.79 Å². The number of ether oxygens (including phenoxy) is 5. The summed E-state index contributed by atoms with van der Waals surface area (Å²) in [5.74, 6) is 1.78. The molecule has 0 atom stereocenters. The minimum atomic E-state index is 0.233. The fourth-order valence-corrected chi connectivity index (χ4v) is 2.39. The number of para-hydroxylation sites is 1. The van der Waals surface area contributed by atoms with Crippen LogP contribution in [0.4, 0.5) is 0 Å². The molecule has 0 aliphatic heterocycles. The number of methoxy groups -OCH3 is 1. The van der Waals surface area contributed by atoms with Crippen molar-refractivity contribution in [2.75, 3.05) is 53.5 Å². The van der Waals surface area contributed by atoms with Crippen LogP contribution in [0.3, 0.4) is 0 Å². The Morgan fingerprint density at radius 2 is 1.20 bits per heavy atom. The molecule has 0 fully saturated rings. The van der Waals surface area contributed by atoms with Gasteiger partial charge in [-0.2, -0.15) is 0 Å². The summed E-state index contributed by atoms with van der Waals surface area (Å²) in [6.07, 6.45) is 0. The molecule has 0 amide bonds. The van der Waals surface area contributed by atoms with Crippen LogP contribution in [0.2, 0.25) is 0 Å². The summed E-state index contributed by atoms with van der Waals surface area (Å²) in [6, 6.07) is 6.35. The van der Waals surface area contributed by atoms with E-state index in [4.69, 9.17) is 23.7 Å².